The van der Waals surface area contributed by atoms with Crippen molar-refractivity contribution in [1.82, 2.24) is 15.2 Å². The van der Waals surface area contributed by atoms with Gasteiger partial charge < -0.3 is 19.5 Å². The molecule has 1 atom stereocenters. The van der Waals surface area contributed by atoms with Gasteiger partial charge in [0, 0.05) is 42.9 Å². The van der Waals surface area contributed by atoms with E-state index >= 15 is 0 Å². The number of nitrogens with zero attached hydrogens (tertiary/aromatic N) is 3. The van der Waals surface area contributed by atoms with Gasteiger partial charge in [0.25, 0.3) is 0 Å². The molecule has 3 aliphatic rings. The number of amides is 2. The van der Waals surface area contributed by atoms with Crippen LogP contribution in [0.2, 0.25) is 0 Å². The summed E-state index contributed by atoms with van der Waals surface area (Å²) in [5.74, 6) is 1.49. The van der Waals surface area contributed by atoms with Crippen LogP contribution >= 0.6 is 11.3 Å². The molecule has 5 rings (SSSR count). The van der Waals surface area contributed by atoms with Gasteiger partial charge in [-0.2, -0.15) is 0 Å². The molecule has 1 N–H and O–H groups in total. The van der Waals surface area contributed by atoms with E-state index in [4.69, 9.17) is 9.40 Å². The molecule has 1 saturated heterocycles. The average molecular weight is 429 g/mol. The Hall–Kier alpha value is -2.35. The van der Waals surface area contributed by atoms with E-state index in [9.17, 15) is 9.59 Å². The molecule has 30 heavy (non-hydrogen) atoms. The van der Waals surface area contributed by atoms with Crippen molar-refractivity contribution >= 4 is 28.3 Å². The molecular weight excluding hydrogens is 400 g/mol. The van der Waals surface area contributed by atoms with Crippen molar-refractivity contribution in [3.63, 3.8) is 0 Å². The van der Waals surface area contributed by atoms with Crippen LogP contribution in [-0.2, 0) is 29.0 Å². The number of aryl methyl sites for hydroxylation is 1. The number of piperazine rings is 1. The number of carbonyl (C=O) groups is 2. The molecule has 0 radical (unpaired) electrons. The van der Waals surface area contributed by atoms with Crippen LogP contribution in [0.5, 0.6) is 0 Å². The zero-order chi connectivity index (χ0) is 20.5. The summed E-state index contributed by atoms with van der Waals surface area (Å²) >= 11 is 1.72. The summed E-state index contributed by atoms with van der Waals surface area (Å²) in [6, 6.07) is 3.70. The summed E-state index contributed by atoms with van der Waals surface area (Å²) in [6.45, 7) is 3.71. The van der Waals surface area contributed by atoms with E-state index in [0.29, 0.717) is 12.5 Å². The smallest absolute Gasteiger partial charge is 0.225 e. The number of carbonyl (C=O) groups excluding carboxylic acids is 2. The first-order valence-corrected chi connectivity index (χ1v) is 11.8. The van der Waals surface area contributed by atoms with Crippen LogP contribution in [0.4, 0.5) is 5.13 Å². The van der Waals surface area contributed by atoms with Gasteiger partial charge in [-0.25, -0.2) is 4.98 Å². The second-order valence-corrected chi connectivity index (χ2v) is 9.61. The predicted molar refractivity (Wildman–Crippen MR) is 114 cm³/mol. The number of thiazole rings is 1. The maximum absolute atomic E-state index is 12.6. The minimum absolute atomic E-state index is 0.00212. The summed E-state index contributed by atoms with van der Waals surface area (Å²) in [5.41, 5.74) is 1.15. The lowest BCUT2D eigenvalue weighted by Crippen LogP contribution is -2.51. The van der Waals surface area contributed by atoms with Crippen LogP contribution in [0.1, 0.15) is 42.0 Å². The lowest BCUT2D eigenvalue weighted by Gasteiger charge is -2.38. The molecule has 0 aromatic carbocycles. The van der Waals surface area contributed by atoms with E-state index in [0.717, 1.165) is 74.9 Å². The predicted octanol–water partition coefficient (Wildman–Crippen LogP) is 2.61. The van der Waals surface area contributed by atoms with Crippen molar-refractivity contribution in [1.29, 1.82) is 0 Å². The van der Waals surface area contributed by atoms with Gasteiger partial charge in [0.1, 0.15) is 5.76 Å². The normalized spacial score (nSPS) is 21.8. The van der Waals surface area contributed by atoms with Crippen molar-refractivity contribution in [2.45, 2.75) is 45.1 Å². The third-order valence-corrected chi connectivity index (χ3v) is 7.81. The molecule has 7 nitrogen and oxygen atoms in total. The highest BCUT2D eigenvalue weighted by atomic mass is 32.1. The fraction of sp³-hybridized carbons (Fsp3) is 0.591. The van der Waals surface area contributed by atoms with E-state index in [1.54, 1.807) is 17.6 Å². The van der Waals surface area contributed by atoms with Gasteiger partial charge in [0.2, 0.25) is 11.8 Å². The van der Waals surface area contributed by atoms with Gasteiger partial charge in [0.05, 0.1) is 18.5 Å². The zero-order valence-corrected chi connectivity index (χ0v) is 18.0. The highest BCUT2D eigenvalue weighted by molar-refractivity contribution is 7.15. The Balaban J connectivity index is 1.15. The number of fused-ring (bicyclic) bond motifs is 1. The van der Waals surface area contributed by atoms with Crippen LogP contribution in [-0.4, -0.2) is 47.9 Å². The molecule has 0 bridgehead atoms. The van der Waals surface area contributed by atoms with Gasteiger partial charge in [-0.3, -0.25) is 9.59 Å². The van der Waals surface area contributed by atoms with Gasteiger partial charge in [-0.05, 0) is 44.2 Å². The second kappa shape index (κ2) is 8.41. The third kappa shape index (κ3) is 3.97. The van der Waals surface area contributed by atoms with Crippen molar-refractivity contribution < 1.29 is 14.0 Å². The minimum atomic E-state index is -0.00212. The fourth-order valence-corrected chi connectivity index (χ4v) is 5.72. The molecule has 2 amide bonds. The van der Waals surface area contributed by atoms with E-state index < -0.39 is 0 Å². The van der Waals surface area contributed by atoms with Gasteiger partial charge in [0.15, 0.2) is 5.13 Å². The summed E-state index contributed by atoms with van der Waals surface area (Å²) in [7, 11) is 0. The number of rotatable bonds is 5. The lowest BCUT2D eigenvalue weighted by molar-refractivity contribution is -0.138. The van der Waals surface area contributed by atoms with Gasteiger partial charge in [-0.1, -0.05) is 6.42 Å². The van der Waals surface area contributed by atoms with Crippen molar-refractivity contribution in [3.05, 3.63) is 34.7 Å². The van der Waals surface area contributed by atoms with Crippen molar-refractivity contribution in [2.24, 2.45) is 11.8 Å². The molecule has 0 spiro atoms. The Morgan fingerprint density at radius 1 is 1.17 bits per heavy atom. The van der Waals surface area contributed by atoms with E-state index in [1.807, 2.05) is 17.0 Å². The minimum Gasteiger partial charge on any atom is -0.467 e. The molecule has 160 valence electrons. The lowest BCUT2D eigenvalue weighted by atomic mass is 9.84. The Kier molecular flexibility index (Phi) is 5.50. The van der Waals surface area contributed by atoms with E-state index in [2.05, 4.69) is 10.2 Å². The van der Waals surface area contributed by atoms with Crippen LogP contribution in [0, 0.1) is 11.8 Å². The molecule has 1 saturated carbocycles. The second-order valence-electron chi connectivity index (χ2n) is 8.54. The molecule has 1 unspecified atom stereocenters. The number of hydrogen-bond acceptors (Lipinski definition) is 6. The summed E-state index contributed by atoms with van der Waals surface area (Å²) in [6.07, 6.45) is 7.40. The quantitative estimate of drug-likeness (QED) is 0.792. The molecule has 8 heteroatoms. The maximum atomic E-state index is 12.6. The number of anilines is 1. The largest absolute Gasteiger partial charge is 0.467 e. The summed E-state index contributed by atoms with van der Waals surface area (Å²) in [5, 5.41) is 4.04. The molecule has 2 aromatic rings. The topological polar surface area (TPSA) is 78.7 Å². The maximum Gasteiger partial charge on any atom is 0.225 e. The molecule has 2 aliphatic carbocycles. The van der Waals surface area contributed by atoms with Gasteiger partial charge in [-0.15, -0.1) is 11.3 Å². The van der Waals surface area contributed by atoms with E-state index in [1.165, 1.54) is 11.3 Å². The fourth-order valence-electron chi connectivity index (χ4n) is 4.48. The van der Waals surface area contributed by atoms with Crippen molar-refractivity contribution in [2.75, 3.05) is 31.1 Å². The first kappa shape index (κ1) is 19.6. The Bertz CT molecular complexity index is 898. The standard InChI is InChI=1S/C22H28N4O3S/c27-20(23-14-17-5-2-12-29-17)16-6-7-18-19(13-16)30-22(24-18)26-10-8-25(9-11-26)21(28)15-3-1-4-15/h2,5,12,15-16H,1,3-4,6-11,13-14H2,(H,23,27). The highest BCUT2D eigenvalue weighted by Gasteiger charge is 2.33. The summed E-state index contributed by atoms with van der Waals surface area (Å²) < 4.78 is 5.29. The van der Waals surface area contributed by atoms with Gasteiger partial charge >= 0.3 is 0 Å². The number of aromatic nitrogens is 1. The molecule has 2 fully saturated rings. The van der Waals surface area contributed by atoms with Crippen LogP contribution in [0.3, 0.4) is 0 Å². The van der Waals surface area contributed by atoms with Crippen LogP contribution < -0.4 is 10.2 Å². The first-order valence-electron chi connectivity index (χ1n) is 11.0. The molecular formula is C22H28N4O3S. The number of furan rings is 1. The van der Waals surface area contributed by atoms with Crippen molar-refractivity contribution in [3.8, 4) is 0 Å². The van der Waals surface area contributed by atoms with Crippen LogP contribution in [0.25, 0.3) is 0 Å². The summed E-state index contributed by atoms with van der Waals surface area (Å²) in [4.78, 5) is 35.5. The Morgan fingerprint density at radius 2 is 2.00 bits per heavy atom. The molecule has 2 aromatic heterocycles. The van der Waals surface area contributed by atoms with E-state index in [-0.39, 0.29) is 17.7 Å². The monoisotopic (exact) mass is 428 g/mol. The first-order chi connectivity index (χ1) is 14.7. The third-order valence-electron chi connectivity index (χ3n) is 6.63. The Labute approximate surface area is 180 Å². The SMILES string of the molecule is O=C(NCc1ccco1)C1CCc2nc(N3CCN(C(=O)C4CCC4)CC3)sc2C1. The molecule has 1 aliphatic heterocycles. The van der Waals surface area contributed by atoms with Crippen LogP contribution in [0.15, 0.2) is 22.8 Å². The number of nitrogens with one attached hydrogen (secondary N) is 1. The molecule has 3 heterocycles. The Morgan fingerprint density at radius 3 is 2.70 bits per heavy atom. The highest BCUT2D eigenvalue weighted by Crippen LogP contribution is 2.35. The zero-order valence-electron chi connectivity index (χ0n) is 17.1. The number of hydrogen-bond donors (Lipinski definition) is 1. The average Bonchev–Trinajstić information content (AvgIpc) is 3.40.